The smallest absolute Gasteiger partial charge is 0.322 e. The lowest BCUT2D eigenvalue weighted by atomic mass is 9.98. The Balaban J connectivity index is 2.15. The molecule has 1 aromatic rings. The van der Waals surface area contributed by atoms with Crippen LogP contribution in [0.1, 0.15) is 43.0 Å². The Morgan fingerprint density at radius 1 is 1.42 bits per heavy atom. The largest absolute Gasteiger partial charge is 0.480 e. The molecule has 2 rings (SSSR count). The molecule has 132 valence electrons. The maximum absolute atomic E-state index is 14.0. The van der Waals surface area contributed by atoms with Crippen molar-refractivity contribution in [3.63, 3.8) is 0 Å². The van der Waals surface area contributed by atoms with Gasteiger partial charge in [-0.3, -0.25) is 9.59 Å². The van der Waals surface area contributed by atoms with Crippen molar-refractivity contribution in [3.05, 3.63) is 29.6 Å². The molecule has 0 spiro atoms. The van der Waals surface area contributed by atoms with Crippen LogP contribution in [0.3, 0.4) is 0 Å². The van der Waals surface area contributed by atoms with Crippen molar-refractivity contribution in [2.24, 2.45) is 5.73 Å². The topological polar surface area (TPSA) is 95.7 Å². The average Bonchev–Trinajstić information content (AvgIpc) is 2.58. The molecule has 4 N–H and O–H groups in total. The number of carboxylic acid groups (broad SMARTS) is 1. The van der Waals surface area contributed by atoms with Gasteiger partial charge in [0.2, 0.25) is 0 Å². The molecular weight excluding hydrogens is 313 g/mol. The van der Waals surface area contributed by atoms with Gasteiger partial charge in [-0.1, -0.05) is 6.92 Å². The molecule has 0 bridgehead atoms. The zero-order valence-electron chi connectivity index (χ0n) is 13.8. The summed E-state index contributed by atoms with van der Waals surface area (Å²) in [5, 5.41) is 11.2. The van der Waals surface area contributed by atoms with E-state index in [9.17, 15) is 14.0 Å². The van der Waals surface area contributed by atoms with Gasteiger partial charge in [-0.25, -0.2) is 4.39 Å². The Kier molecular flexibility index (Phi) is 6.14. The monoisotopic (exact) mass is 337 g/mol. The SMILES string of the molecule is CCC1CCCCN1c1cc(F)cc(C(=O)NC[C@@H](N)C(=O)O)c1. The van der Waals surface area contributed by atoms with Gasteiger partial charge in [0.15, 0.2) is 0 Å². The highest BCUT2D eigenvalue weighted by Gasteiger charge is 2.23. The molecule has 1 unspecified atom stereocenters. The van der Waals surface area contributed by atoms with Crippen LogP contribution in [0.25, 0.3) is 0 Å². The number of hydrogen-bond acceptors (Lipinski definition) is 4. The van der Waals surface area contributed by atoms with E-state index in [0.717, 1.165) is 38.3 Å². The standard InChI is InChI=1S/C17H24FN3O3/c1-2-13-5-3-4-6-21(13)14-8-11(7-12(18)9-14)16(22)20-10-15(19)17(23)24/h7-9,13,15H,2-6,10,19H2,1H3,(H,20,22)(H,23,24)/t13?,15-/m1/s1. The van der Waals surface area contributed by atoms with Crippen LogP contribution in [-0.2, 0) is 4.79 Å². The van der Waals surface area contributed by atoms with Gasteiger partial charge in [-0.2, -0.15) is 0 Å². The molecule has 1 aromatic carbocycles. The van der Waals surface area contributed by atoms with Crippen molar-refractivity contribution >= 4 is 17.6 Å². The first-order valence-corrected chi connectivity index (χ1v) is 8.26. The minimum absolute atomic E-state index is 0.169. The normalized spacial score (nSPS) is 19.0. The second kappa shape index (κ2) is 8.10. The second-order valence-electron chi connectivity index (χ2n) is 6.10. The van der Waals surface area contributed by atoms with Gasteiger partial charge in [0.1, 0.15) is 11.9 Å². The molecular formula is C17H24FN3O3. The van der Waals surface area contributed by atoms with Gasteiger partial charge in [-0.15, -0.1) is 0 Å². The van der Waals surface area contributed by atoms with Crippen molar-refractivity contribution in [1.29, 1.82) is 0 Å². The lowest BCUT2D eigenvalue weighted by Gasteiger charge is -2.37. The van der Waals surface area contributed by atoms with E-state index >= 15 is 0 Å². The third-order valence-electron chi connectivity index (χ3n) is 4.37. The summed E-state index contributed by atoms with van der Waals surface area (Å²) in [6.07, 6.45) is 4.22. The third kappa shape index (κ3) is 4.44. The quantitative estimate of drug-likeness (QED) is 0.735. The lowest BCUT2D eigenvalue weighted by Crippen LogP contribution is -2.42. The van der Waals surface area contributed by atoms with Crippen LogP contribution >= 0.6 is 0 Å². The summed E-state index contributed by atoms with van der Waals surface area (Å²) in [4.78, 5) is 25.0. The zero-order chi connectivity index (χ0) is 17.7. The highest BCUT2D eigenvalue weighted by Crippen LogP contribution is 2.28. The predicted molar refractivity (Wildman–Crippen MR) is 89.6 cm³/mol. The molecule has 0 saturated carbocycles. The van der Waals surface area contributed by atoms with Crippen LogP contribution in [-0.4, -0.2) is 42.2 Å². The molecule has 1 saturated heterocycles. The molecule has 0 aromatic heterocycles. The van der Waals surface area contributed by atoms with Crippen LogP contribution in [0.2, 0.25) is 0 Å². The van der Waals surface area contributed by atoms with Crippen LogP contribution in [0.4, 0.5) is 10.1 Å². The van der Waals surface area contributed by atoms with E-state index in [4.69, 9.17) is 10.8 Å². The van der Waals surface area contributed by atoms with Crippen molar-refractivity contribution in [2.45, 2.75) is 44.7 Å². The van der Waals surface area contributed by atoms with E-state index in [1.165, 1.54) is 6.07 Å². The van der Waals surface area contributed by atoms with E-state index < -0.39 is 23.7 Å². The number of hydrogen-bond donors (Lipinski definition) is 3. The summed E-state index contributed by atoms with van der Waals surface area (Å²) in [5.41, 5.74) is 6.22. The Morgan fingerprint density at radius 2 is 2.17 bits per heavy atom. The van der Waals surface area contributed by atoms with Crippen LogP contribution < -0.4 is 16.0 Å². The number of benzene rings is 1. The van der Waals surface area contributed by atoms with Crippen LogP contribution in [0, 0.1) is 5.82 Å². The number of amides is 1. The van der Waals surface area contributed by atoms with E-state index in [-0.39, 0.29) is 12.1 Å². The van der Waals surface area contributed by atoms with E-state index in [2.05, 4.69) is 17.1 Å². The predicted octanol–water partition coefficient (Wildman–Crippen LogP) is 1.74. The molecule has 1 fully saturated rings. The minimum atomic E-state index is -1.20. The average molecular weight is 337 g/mol. The van der Waals surface area contributed by atoms with E-state index in [1.54, 1.807) is 6.07 Å². The fraction of sp³-hybridized carbons (Fsp3) is 0.529. The van der Waals surface area contributed by atoms with Gasteiger partial charge in [-0.05, 0) is 43.9 Å². The molecule has 0 aliphatic carbocycles. The third-order valence-corrected chi connectivity index (χ3v) is 4.37. The number of carbonyl (C=O) groups is 2. The van der Waals surface area contributed by atoms with Gasteiger partial charge in [0.05, 0.1) is 0 Å². The fourth-order valence-electron chi connectivity index (χ4n) is 3.03. The number of nitrogens with two attached hydrogens (primary N) is 1. The summed E-state index contributed by atoms with van der Waals surface area (Å²) in [6.45, 7) is 2.73. The maximum Gasteiger partial charge on any atom is 0.322 e. The zero-order valence-corrected chi connectivity index (χ0v) is 13.8. The highest BCUT2D eigenvalue weighted by atomic mass is 19.1. The Labute approximate surface area is 140 Å². The molecule has 7 heteroatoms. The number of carbonyl (C=O) groups excluding carboxylic acids is 1. The first kappa shape index (κ1) is 18.2. The number of nitrogens with one attached hydrogen (secondary N) is 1. The van der Waals surface area contributed by atoms with Gasteiger partial charge < -0.3 is 21.1 Å². The van der Waals surface area contributed by atoms with Crippen molar-refractivity contribution in [3.8, 4) is 0 Å². The van der Waals surface area contributed by atoms with E-state index in [1.807, 2.05) is 0 Å². The first-order chi connectivity index (χ1) is 11.4. The summed E-state index contributed by atoms with van der Waals surface area (Å²) in [6, 6.07) is 3.40. The number of aliphatic carboxylic acids is 1. The van der Waals surface area contributed by atoms with Crippen LogP contribution in [0.5, 0.6) is 0 Å². The maximum atomic E-state index is 14.0. The Hall–Kier alpha value is -2.15. The lowest BCUT2D eigenvalue weighted by molar-refractivity contribution is -0.138. The van der Waals surface area contributed by atoms with Gasteiger partial charge >= 0.3 is 5.97 Å². The number of anilines is 1. The van der Waals surface area contributed by atoms with Crippen molar-refractivity contribution in [1.82, 2.24) is 5.32 Å². The van der Waals surface area contributed by atoms with Crippen molar-refractivity contribution < 1.29 is 19.1 Å². The summed E-state index contributed by atoms with van der Waals surface area (Å²) < 4.78 is 14.0. The van der Waals surface area contributed by atoms with Crippen LogP contribution in [0.15, 0.2) is 18.2 Å². The van der Waals surface area contributed by atoms with Crippen molar-refractivity contribution in [2.75, 3.05) is 18.0 Å². The summed E-state index contributed by atoms with van der Waals surface area (Å²) in [7, 11) is 0. The van der Waals surface area contributed by atoms with E-state index in [0.29, 0.717) is 11.7 Å². The molecule has 6 nitrogen and oxygen atoms in total. The first-order valence-electron chi connectivity index (χ1n) is 8.26. The highest BCUT2D eigenvalue weighted by molar-refractivity contribution is 5.95. The minimum Gasteiger partial charge on any atom is -0.480 e. The number of nitrogens with zero attached hydrogens (tertiary/aromatic N) is 1. The number of halogens is 1. The molecule has 1 aliphatic rings. The molecule has 24 heavy (non-hydrogen) atoms. The summed E-state index contributed by atoms with van der Waals surface area (Å²) in [5.74, 6) is -2.22. The van der Waals surface area contributed by atoms with Gasteiger partial charge in [0.25, 0.3) is 5.91 Å². The number of piperidine rings is 1. The summed E-state index contributed by atoms with van der Waals surface area (Å²) >= 11 is 0. The number of rotatable bonds is 6. The Bertz CT molecular complexity index is 609. The number of carboxylic acids is 1. The molecule has 1 aliphatic heterocycles. The molecule has 1 amide bonds. The molecule has 1 heterocycles. The van der Waals surface area contributed by atoms with Gasteiger partial charge in [0, 0.05) is 30.4 Å². The molecule has 2 atom stereocenters. The molecule has 0 radical (unpaired) electrons. The second-order valence-corrected chi connectivity index (χ2v) is 6.10. The fourth-order valence-corrected chi connectivity index (χ4v) is 3.03. The Morgan fingerprint density at radius 3 is 2.83 bits per heavy atom.